The van der Waals surface area contributed by atoms with Crippen molar-refractivity contribution in [2.24, 2.45) is 5.92 Å². The highest BCUT2D eigenvalue weighted by Gasteiger charge is 2.34. The van der Waals surface area contributed by atoms with Crippen molar-refractivity contribution >= 4 is 5.91 Å². The second-order valence-corrected chi connectivity index (χ2v) is 6.23. The van der Waals surface area contributed by atoms with E-state index in [2.05, 4.69) is 50.2 Å². The van der Waals surface area contributed by atoms with Crippen LogP contribution >= 0.6 is 0 Å². The van der Waals surface area contributed by atoms with E-state index in [1.54, 1.807) is 0 Å². The van der Waals surface area contributed by atoms with Crippen LogP contribution in [0.2, 0.25) is 0 Å². The van der Waals surface area contributed by atoms with Crippen molar-refractivity contribution in [3.63, 3.8) is 0 Å². The Balaban J connectivity index is 1.71. The normalized spacial score (nSPS) is 19.5. The largest absolute Gasteiger partial charge is 0.336 e. The molecule has 2 nitrogen and oxygen atoms in total. The second kappa shape index (κ2) is 6.35. The fraction of sp³-hybridized carbons (Fsp3) is 0.350. The van der Waals surface area contributed by atoms with E-state index in [1.165, 1.54) is 16.7 Å². The van der Waals surface area contributed by atoms with E-state index in [9.17, 15) is 4.79 Å². The lowest BCUT2D eigenvalue weighted by Crippen LogP contribution is -2.30. The lowest BCUT2D eigenvalue weighted by atomic mass is 9.95. The molecule has 2 heteroatoms. The van der Waals surface area contributed by atoms with Crippen LogP contribution in [-0.2, 0) is 11.2 Å². The molecular formula is C20H23NO. The number of hydrogen-bond acceptors (Lipinski definition) is 1. The Morgan fingerprint density at radius 2 is 1.77 bits per heavy atom. The summed E-state index contributed by atoms with van der Waals surface area (Å²) in [4.78, 5) is 14.8. The summed E-state index contributed by atoms with van der Waals surface area (Å²) in [6.07, 6.45) is 1.83. The minimum absolute atomic E-state index is 0.132. The Bertz CT molecular complexity index is 650. The van der Waals surface area contributed by atoms with Crippen molar-refractivity contribution in [2.75, 3.05) is 6.54 Å². The van der Waals surface area contributed by atoms with Gasteiger partial charge in [0, 0.05) is 12.5 Å². The first-order chi connectivity index (χ1) is 10.7. The number of likely N-dealkylation sites (tertiary alicyclic amines) is 1. The van der Waals surface area contributed by atoms with Gasteiger partial charge in [-0.05, 0) is 43.4 Å². The molecule has 1 aliphatic rings. The van der Waals surface area contributed by atoms with Crippen LogP contribution in [0.25, 0.3) is 0 Å². The van der Waals surface area contributed by atoms with Gasteiger partial charge in [-0.1, -0.05) is 54.6 Å². The zero-order valence-corrected chi connectivity index (χ0v) is 13.3. The van der Waals surface area contributed by atoms with E-state index < -0.39 is 0 Å². The highest BCUT2D eigenvalue weighted by molar-refractivity contribution is 5.81. The van der Waals surface area contributed by atoms with Gasteiger partial charge in [0.05, 0.1) is 6.04 Å². The maximum Gasteiger partial charge on any atom is 0.226 e. The van der Waals surface area contributed by atoms with Gasteiger partial charge in [-0.25, -0.2) is 0 Å². The van der Waals surface area contributed by atoms with Gasteiger partial charge in [-0.3, -0.25) is 4.79 Å². The van der Waals surface area contributed by atoms with Gasteiger partial charge in [0.1, 0.15) is 0 Å². The van der Waals surface area contributed by atoms with Gasteiger partial charge < -0.3 is 4.90 Å². The van der Waals surface area contributed by atoms with Crippen LogP contribution in [0.3, 0.4) is 0 Å². The number of rotatable bonds is 4. The van der Waals surface area contributed by atoms with Gasteiger partial charge in [-0.15, -0.1) is 0 Å². The van der Waals surface area contributed by atoms with E-state index in [0.717, 1.165) is 19.4 Å². The Morgan fingerprint density at radius 3 is 2.50 bits per heavy atom. The summed E-state index contributed by atoms with van der Waals surface area (Å²) in [5.74, 6) is 0.437. The number of benzene rings is 2. The summed E-state index contributed by atoms with van der Waals surface area (Å²) < 4.78 is 0. The molecule has 3 rings (SSSR count). The molecule has 0 radical (unpaired) electrons. The zero-order chi connectivity index (χ0) is 15.5. The Kier molecular flexibility index (Phi) is 4.28. The minimum Gasteiger partial charge on any atom is -0.336 e. The number of carbonyl (C=O) groups is 1. The molecule has 1 fully saturated rings. The average molecular weight is 293 g/mol. The van der Waals surface area contributed by atoms with Crippen molar-refractivity contribution in [3.05, 3.63) is 71.3 Å². The number of nitrogens with zero attached hydrogens (tertiary/aromatic N) is 1. The van der Waals surface area contributed by atoms with Crippen LogP contribution in [0.1, 0.15) is 36.1 Å². The summed E-state index contributed by atoms with van der Waals surface area (Å²) in [5.41, 5.74) is 3.80. The summed E-state index contributed by atoms with van der Waals surface area (Å²) in [6, 6.07) is 18.8. The molecule has 2 aromatic carbocycles. The topological polar surface area (TPSA) is 20.3 Å². The van der Waals surface area contributed by atoms with Crippen LogP contribution in [-0.4, -0.2) is 17.4 Å². The van der Waals surface area contributed by atoms with Crippen LogP contribution in [0, 0.1) is 12.8 Å². The standard InChI is InChI=1S/C20H23NO/c1-15-8-6-7-11-18(15)14-19-12-13-21(20(19)22)16(2)17-9-4-3-5-10-17/h3-11,16,19H,12-14H2,1-2H3/t16-,19-/m0/s1. The summed E-state index contributed by atoms with van der Waals surface area (Å²) in [6.45, 7) is 5.12. The summed E-state index contributed by atoms with van der Waals surface area (Å²) in [5, 5.41) is 0. The molecule has 114 valence electrons. The van der Waals surface area contributed by atoms with E-state index >= 15 is 0 Å². The van der Waals surface area contributed by atoms with Crippen molar-refractivity contribution in [1.29, 1.82) is 0 Å². The quantitative estimate of drug-likeness (QED) is 0.829. The third-order valence-electron chi connectivity index (χ3n) is 4.83. The van der Waals surface area contributed by atoms with Crippen molar-refractivity contribution in [2.45, 2.75) is 32.7 Å². The van der Waals surface area contributed by atoms with E-state index in [-0.39, 0.29) is 12.0 Å². The lowest BCUT2D eigenvalue weighted by molar-refractivity contribution is -0.132. The summed E-state index contributed by atoms with van der Waals surface area (Å²) >= 11 is 0. The number of hydrogen-bond donors (Lipinski definition) is 0. The highest BCUT2D eigenvalue weighted by Crippen LogP contribution is 2.30. The molecule has 2 atom stereocenters. The zero-order valence-electron chi connectivity index (χ0n) is 13.3. The molecule has 0 saturated carbocycles. The first-order valence-electron chi connectivity index (χ1n) is 8.06. The van der Waals surface area contributed by atoms with E-state index in [0.29, 0.717) is 5.91 Å². The first kappa shape index (κ1) is 14.8. The Hall–Kier alpha value is -2.09. The van der Waals surface area contributed by atoms with Crippen LogP contribution < -0.4 is 0 Å². The highest BCUT2D eigenvalue weighted by atomic mass is 16.2. The van der Waals surface area contributed by atoms with Crippen molar-refractivity contribution < 1.29 is 4.79 Å². The predicted molar refractivity (Wildman–Crippen MR) is 89.6 cm³/mol. The first-order valence-corrected chi connectivity index (χ1v) is 8.06. The molecule has 0 N–H and O–H groups in total. The predicted octanol–water partition coefficient (Wildman–Crippen LogP) is 4.15. The molecule has 22 heavy (non-hydrogen) atoms. The third-order valence-corrected chi connectivity index (χ3v) is 4.83. The fourth-order valence-corrected chi connectivity index (χ4v) is 3.35. The number of carbonyl (C=O) groups excluding carboxylic acids is 1. The van der Waals surface area contributed by atoms with Gasteiger partial charge in [0.25, 0.3) is 0 Å². The molecule has 0 aliphatic carbocycles. The van der Waals surface area contributed by atoms with Gasteiger partial charge in [0.2, 0.25) is 5.91 Å². The van der Waals surface area contributed by atoms with Crippen LogP contribution in [0.15, 0.2) is 54.6 Å². The third kappa shape index (κ3) is 2.92. The summed E-state index contributed by atoms with van der Waals surface area (Å²) in [7, 11) is 0. The molecule has 1 saturated heterocycles. The monoisotopic (exact) mass is 293 g/mol. The van der Waals surface area contributed by atoms with Gasteiger partial charge >= 0.3 is 0 Å². The van der Waals surface area contributed by atoms with Crippen LogP contribution in [0.5, 0.6) is 0 Å². The molecule has 2 aromatic rings. The maximum absolute atomic E-state index is 12.8. The molecule has 0 bridgehead atoms. The average Bonchev–Trinajstić information content (AvgIpc) is 2.91. The van der Waals surface area contributed by atoms with Gasteiger partial charge in [0.15, 0.2) is 0 Å². The molecule has 1 amide bonds. The van der Waals surface area contributed by atoms with E-state index in [4.69, 9.17) is 0 Å². The second-order valence-electron chi connectivity index (χ2n) is 6.23. The lowest BCUT2D eigenvalue weighted by Gasteiger charge is -2.25. The van der Waals surface area contributed by atoms with E-state index in [1.807, 2.05) is 23.1 Å². The molecule has 1 aliphatic heterocycles. The Morgan fingerprint density at radius 1 is 1.09 bits per heavy atom. The Labute approximate surface area is 132 Å². The number of amides is 1. The maximum atomic E-state index is 12.8. The van der Waals surface area contributed by atoms with Crippen molar-refractivity contribution in [3.8, 4) is 0 Å². The molecule has 0 aromatic heterocycles. The van der Waals surface area contributed by atoms with Gasteiger partial charge in [-0.2, -0.15) is 0 Å². The number of aryl methyl sites for hydroxylation is 1. The molecule has 0 spiro atoms. The fourth-order valence-electron chi connectivity index (χ4n) is 3.35. The molecule has 1 heterocycles. The van der Waals surface area contributed by atoms with Crippen molar-refractivity contribution in [1.82, 2.24) is 4.90 Å². The molecular weight excluding hydrogens is 270 g/mol. The minimum atomic E-state index is 0.132. The van der Waals surface area contributed by atoms with Crippen LogP contribution in [0.4, 0.5) is 0 Å². The molecule has 0 unspecified atom stereocenters. The SMILES string of the molecule is Cc1ccccc1C[C@@H]1CCN([C@@H](C)c2ccccc2)C1=O. The smallest absolute Gasteiger partial charge is 0.226 e.